The molecule has 0 saturated heterocycles. The van der Waals surface area contributed by atoms with Crippen LogP contribution in [0.1, 0.15) is 11.4 Å². The van der Waals surface area contributed by atoms with Crippen molar-refractivity contribution < 1.29 is 14.3 Å². The highest BCUT2D eigenvalue weighted by Gasteiger charge is 2.32. The van der Waals surface area contributed by atoms with Crippen molar-refractivity contribution in [3.05, 3.63) is 70.3 Å². The molecule has 0 radical (unpaired) electrons. The second kappa shape index (κ2) is 7.82. The standard InChI is InChI=1S/C21H21N3O4/c1-27-11-10-24(21(26)18-12-14-6-2-5-9-17(14)28-18)13-19-22-16-8-4-3-7-15(16)20(25)23-19/h2-9,18H,10-13H2,1H3,(H,22,23,25). The highest BCUT2D eigenvalue weighted by atomic mass is 16.5. The molecule has 0 saturated carbocycles. The molecular formula is C21H21N3O4. The molecule has 3 aromatic rings. The topological polar surface area (TPSA) is 84.5 Å². The van der Waals surface area contributed by atoms with Gasteiger partial charge in [-0.15, -0.1) is 0 Å². The maximum absolute atomic E-state index is 13.1. The van der Waals surface area contributed by atoms with Crippen LogP contribution in [0.25, 0.3) is 10.9 Å². The molecule has 2 aromatic carbocycles. The Balaban J connectivity index is 1.57. The Bertz CT molecular complexity index is 1040. The van der Waals surface area contributed by atoms with Gasteiger partial charge in [0.05, 0.1) is 24.1 Å². The molecule has 144 valence electrons. The maximum Gasteiger partial charge on any atom is 0.264 e. The molecule has 0 bridgehead atoms. The molecule has 1 atom stereocenters. The number of fused-ring (bicyclic) bond motifs is 2. The highest BCUT2D eigenvalue weighted by molar-refractivity contribution is 5.83. The Morgan fingerprint density at radius 2 is 2.04 bits per heavy atom. The van der Waals surface area contributed by atoms with Crippen LogP contribution in [0.2, 0.25) is 0 Å². The van der Waals surface area contributed by atoms with Crippen LogP contribution in [0, 0.1) is 0 Å². The lowest BCUT2D eigenvalue weighted by Crippen LogP contribution is -2.43. The van der Waals surface area contributed by atoms with Crippen LogP contribution in [0.15, 0.2) is 53.3 Å². The van der Waals surface area contributed by atoms with Crippen LogP contribution in [-0.2, 0) is 22.5 Å². The predicted molar refractivity (Wildman–Crippen MR) is 104 cm³/mol. The average molecular weight is 379 g/mol. The molecule has 7 heteroatoms. The fraction of sp³-hybridized carbons (Fsp3) is 0.286. The van der Waals surface area contributed by atoms with Gasteiger partial charge in [0.15, 0.2) is 6.10 Å². The van der Waals surface area contributed by atoms with E-state index in [2.05, 4.69) is 9.97 Å². The second-order valence-corrected chi connectivity index (χ2v) is 6.70. The Morgan fingerprint density at radius 1 is 1.25 bits per heavy atom. The Labute approximate surface area is 161 Å². The number of aromatic amines is 1. The minimum Gasteiger partial charge on any atom is -0.480 e. The molecule has 28 heavy (non-hydrogen) atoms. The summed E-state index contributed by atoms with van der Waals surface area (Å²) in [4.78, 5) is 34.3. The zero-order valence-corrected chi connectivity index (χ0v) is 15.6. The van der Waals surface area contributed by atoms with E-state index >= 15 is 0 Å². The fourth-order valence-corrected chi connectivity index (χ4v) is 3.38. The zero-order valence-electron chi connectivity index (χ0n) is 15.6. The van der Waals surface area contributed by atoms with Crippen LogP contribution >= 0.6 is 0 Å². The number of ether oxygens (including phenoxy) is 2. The second-order valence-electron chi connectivity index (χ2n) is 6.70. The average Bonchev–Trinajstić information content (AvgIpc) is 3.15. The number of para-hydroxylation sites is 2. The molecule has 0 aliphatic carbocycles. The fourth-order valence-electron chi connectivity index (χ4n) is 3.38. The van der Waals surface area contributed by atoms with Gasteiger partial charge in [-0.2, -0.15) is 0 Å². The van der Waals surface area contributed by atoms with Crippen molar-refractivity contribution in [2.24, 2.45) is 0 Å². The summed E-state index contributed by atoms with van der Waals surface area (Å²) < 4.78 is 11.0. The van der Waals surface area contributed by atoms with Gasteiger partial charge in [-0.25, -0.2) is 4.98 Å². The first-order valence-corrected chi connectivity index (χ1v) is 9.16. The summed E-state index contributed by atoms with van der Waals surface area (Å²) in [5, 5.41) is 0.524. The van der Waals surface area contributed by atoms with Gasteiger partial charge in [0.25, 0.3) is 11.5 Å². The van der Waals surface area contributed by atoms with Crippen molar-refractivity contribution in [2.75, 3.05) is 20.3 Å². The first-order chi connectivity index (χ1) is 13.7. The Hall–Kier alpha value is -3.19. The number of H-pyrrole nitrogens is 1. The van der Waals surface area contributed by atoms with E-state index in [1.165, 1.54) is 0 Å². The number of amides is 1. The Morgan fingerprint density at radius 3 is 2.86 bits per heavy atom. The zero-order chi connectivity index (χ0) is 19.5. The lowest BCUT2D eigenvalue weighted by Gasteiger charge is -2.24. The maximum atomic E-state index is 13.1. The largest absolute Gasteiger partial charge is 0.480 e. The van der Waals surface area contributed by atoms with Crippen molar-refractivity contribution in [3.63, 3.8) is 0 Å². The van der Waals surface area contributed by atoms with E-state index in [9.17, 15) is 9.59 Å². The van der Waals surface area contributed by atoms with Gasteiger partial charge in [0.2, 0.25) is 0 Å². The van der Waals surface area contributed by atoms with E-state index in [-0.39, 0.29) is 18.0 Å². The smallest absolute Gasteiger partial charge is 0.264 e. The lowest BCUT2D eigenvalue weighted by atomic mass is 10.1. The molecule has 2 heterocycles. The van der Waals surface area contributed by atoms with Gasteiger partial charge in [-0.05, 0) is 23.8 Å². The SMILES string of the molecule is COCCN(Cc1nc2ccccc2c(=O)[nH]1)C(=O)C1Cc2ccccc2O1. The molecule has 4 rings (SSSR count). The quantitative estimate of drug-likeness (QED) is 0.707. The van der Waals surface area contributed by atoms with Crippen LogP contribution in [0.4, 0.5) is 0 Å². The summed E-state index contributed by atoms with van der Waals surface area (Å²) in [5.74, 6) is 1.03. The lowest BCUT2D eigenvalue weighted by molar-refractivity contribution is -0.139. The van der Waals surface area contributed by atoms with E-state index in [1.807, 2.05) is 30.3 Å². The number of aromatic nitrogens is 2. The number of nitrogens with zero attached hydrogens (tertiary/aromatic N) is 2. The van der Waals surface area contributed by atoms with Crippen molar-refractivity contribution in [3.8, 4) is 5.75 Å². The third-order valence-corrected chi connectivity index (χ3v) is 4.80. The highest BCUT2D eigenvalue weighted by Crippen LogP contribution is 2.29. The number of benzene rings is 2. The van der Waals surface area contributed by atoms with Gasteiger partial charge >= 0.3 is 0 Å². The van der Waals surface area contributed by atoms with Gasteiger partial charge in [0, 0.05) is 20.1 Å². The van der Waals surface area contributed by atoms with E-state index < -0.39 is 6.10 Å². The molecule has 0 fully saturated rings. The van der Waals surface area contributed by atoms with Crippen molar-refractivity contribution in [1.82, 2.24) is 14.9 Å². The van der Waals surface area contributed by atoms with Crippen molar-refractivity contribution in [2.45, 2.75) is 19.1 Å². The van der Waals surface area contributed by atoms with Crippen LogP contribution in [0.3, 0.4) is 0 Å². The third-order valence-electron chi connectivity index (χ3n) is 4.80. The minimum absolute atomic E-state index is 0.149. The minimum atomic E-state index is -0.582. The van der Waals surface area contributed by atoms with E-state index in [0.29, 0.717) is 36.3 Å². The molecular weight excluding hydrogens is 358 g/mol. The van der Waals surface area contributed by atoms with Gasteiger partial charge < -0.3 is 19.4 Å². The number of carbonyl (C=O) groups is 1. The summed E-state index contributed by atoms with van der Waals surface area (Å²) in [6.45, 7) is 0.934. The summed E-state index contributed by atoms with van der Waals surface area (Å²) >= 11 is 0. The van der Waals surface area contributed by atoms with Crippen molar-refractivity contribution >= 4 is 16.8 Å². The normalized spacial score (nSPS) is 15.2. The molecule has 1 N–H and O–H groups in total. The van der Waals surface area contributed by atoms with Crippen molar-refractivity contribution in [1.29, 1.82) is 0 Å². The van der Waals surface area contributed by atoms with Gasteiger partial charge in [-0.3, -0.25) is 9.59 Å². The molecule has 1 unspecified atom stereocenters. The molecule has 1 aliphatic rings. The first-order valence-electron chi connectivity index (χ1n) is 9.16. The van der Waals surface area contributed by atoms with E-state index in [1.54, 1.807) is 30.2 Å². The molecule has 1 amide bonds. The summed E-state index contributed by atoms with van der Waals surface area (Å²) in [7, 11) is 1.58. The Kier molecular flexibility index (Phi) is 5.08. The van der Waals surface area contributed by atoms with Crippen LogP contribution in [-0.4, -0.2) is 47.1 Å². The van der Waals surface area contributed by atoms with E-state index in [0.717, 1.165) is 11.3 Å². The summed E-state index contributed by atoms with van der Waals surface area (Å²) in [6, 6.07) is 14.8. The third kappa shape index (κ3) is 3.61. The molecule has 1 aliphatic heterocycles. The number of methoxy groups -OCH3 is 1. The first kappa shape index (κ1) is 18.2. The van der Waals surface area contributed by atoms with Crippen LogP contribution < -0.4 is 10.3 Å². The van der Waals surface area contributed by atoms with E-state index in [4.69, 9.17) is 9.47 Å². The van der Waals surface area contributed by atoms with Gasteiger partial charge in [0.1, 0.15) is 11.6 Å². The summed E-state index contributed by atoms with van der Waals surface area (Å²) in [6.07, 6.45) is -0.0541. The van der Waals surface area contributed by atoms with Gasteiger partial charge in [-0.1, -0.05) is 30.3 Å². The molecule has 7 nitrogen and oxygen atoms in total. The monoisotopic (exact) mass is 379 g/mol. The number of hydrogen-bond donors (Lipinski definition) is 1. The number of carbonyl (C=O) groups excluding carboxylic acids is 1. The predicted octanol–water partition coefficient (Wildman–Crippen LogP) is 1.90. The van der Waals surface area contributed by atoms with Crippen LogP contribution in [0.5, 0.6) is 5.75 Å². The molecule has 1 aromatic heterocycles. The number of nitrogens with one attached hydrogen (secondary N) is 1. The number of hydrogen-bond acceptors (Lipinski definition) is 5. The summed E-state index contributed by atoms with van der Waals surface area (Å²) in [5.41, 5.74) is 1.40. The molecule has 0 spiro atoms. The number of rotatable bonds is 6.